The Morgan fingerprint density at radius 2 is 1.82 bits per heavy atom. The lowest BCUT2D eigenvalue weighted by Gasteiger charge is -2.32. The second kappa shape index (κ2) is 5.17. The summed E-state index contributed by atoms with van der Waals surface area (Å²) >= 11 is 5.64. The first-order valence-electron chi connectivity index (χ1n) is 4.33. The minimum absolute atomic E-state index is 0.793. The van der Waals surface area contributed by atoms with Crippen LogP contribution in [0.2, 0.25) is 19.6 Å². The van der Waals surface area contributed by atoms with E-state index in [4.69, 9.17) is 11.6 Å². The quantitative estimate of drug-likeness (QED) is 0.480. The molecule has 0 aliphatic carbocycles. The first kappa shape index (κ1) is 11.5. The zero-order valence-electron chi connectivity index (χ0n) is 8.15. The van der Waals surface area contributed by atoms with Crippen LogP contribution < -0.4 is 0 Å². The maximum atomic E-state index is 5.64. The molecule has 0 aromatic heterocycles. The highest BCUT2D eigenvalue weighted by Crippen LogP contribution is 2.09. The van der Waals surface area contributed by atoms with Crippen LogP contribution in [0.4, 0.5) is 0 Å². The average Bonchev–Trinajstić information content (AvgIpc) is 1.87. The van der Waals surface area contributed by atoms with Crippen LogP contribution in [0.15, 0.2) is 0 Å². The summed E-state index contributed by atoms with van der Waals surface area (Å²) in [5, 5.41) is 0. The number of nitrogens with zero attached hydrogens (tertiary/aromatic N) is 1. The summed E-state index contributed by atoms with van der Waals surface area (Å²) < 4.78 is 2.58. The highest BCUT2D eigenvalue weighted by atomic mass is 35.5. The molecule has 1 nitrogen and oxygen atoms in total. The largest absolute Gasteiger partial charge is 0.324 e. The Balaban J connectivity index is 3.76. The van der Waals surface area contributed by atoms with Gasteiger partial charge in [0.2, 0.25) is 0 Å². The second-order valence-corrected chi connectivity index (χ2v) is 9.15. The van der Waals surface area contributed by atoms with E-state index in [0.29, 0.717) is 0 Å². The van der Waals surface area contributed by atoms with E-state index in [0.717, 1.165) is 12.3 Å². The topological polar surface area (TPSA) is 3.24 Å². The zero-order chi connectivity index (χ0) is 8.91. The molecule has 0 saturated carbocycles. The van der Waals surface area contributed by atoms with Gasteiger partial charge in [-0.15, -0.1) is 11.6 Å². The lowest BCUT2D eigenvalue weighted by molar-refractivity contribution is 0.445. The first-order valence-corrected chi connectivity index (χ1v) is 8.31. The summed E-state index contributed by atoms with van der Waals surface area (Å²) in [7, 11) is -1.05. The van der Waals surface area contributed by atoms with Crippen molar-refractivity contribution in [2.24, 2.45) is 0 Å². The van der Waals surface area contributed by atoms with Gasteiger partial charge >= 0.3 is 0 Å². The number of halogens is 1. The van der Waals surface area contributed by atoms with Crippen molar-refractivity contribution in [2.75, 3.05) is 19.0 Å². The third-order valence-electron chi connectivity index (χ3n) is 1.89. The Labute approximate surface area is 76.8 Å². The molecular weight excluding hydrogens is 174 g/mol. The smallest absolute Gasteiger partial charge is 0.119 e. The van der Waals surface area contributed by atoms with Crippen LogP contribution in [-0.4, -0.2) is 31.8 Å². The van der Waals surface area contributed by atoms with Crippen molar-refractivity contribution in [1.82, 2.24) is 4.57 Å². The van der Waals surface area contributed by atoms with Crippen LogP contribution in [0, 0.1) is 0 Å². The third kappa shape index (κ3) is 4.83. The van der Waals surface area contributed by atoms with E-state index >= 15 is 0 Å². The molecule has 0 aliphatic rings. The Bertz CT molecular complexity index is 101. The van der Waals surface area contributed by atoms with Crippen LogP contribution in [0.3, 0.4) is 0 Å². The molecule has 0 radical (unpaired) electrons. The molecule has 0 bridgehead atoms. The first-order chi connectivity index (χ1) is 5.02. The third-order valence-corrected chi connectivity index (χ3v) is 4.60. The predicted molar refractivity (Wildman–Crippen MR) is 55.9 cm³/mol. The molecule has 11 heavy (non-hydrogen) atoms. The van der Waals surface area contributed by atoms with E-state index in [1.54, 1.807) is 0 Å². The van der Waals surface area contributed by atoms with Crippen molar-refractivity contribution in [3.05, 3.63) is 0 Å². The van der Waals surface area contributed by atoms with Crippen molar-refractivity contribution in [1.29, 1.82) is 0 Å². The van der Waals surface area contributed by atoms with Gasteiger partial charge in [0.25, 0.3) is 0 Å². The van der Waals surface area contributed by atoms with E-state index in [1.165, 1.54) is 13.1 Å². The summed E-state index contributed by atoms with van der Waals surface area (Å²) in [5.74, 6) is 0.793. The zero-order valence-corrected chi connectivity index (χ0v) is 9.91. The average molecular weight is 194 g/mol. The molecule has 0 unspecified atom stereocenters. The summed E-state index contributed by atoms with van der Waals surface area (Å²) in [6.07, 6.45) is 1.12. The minimum atomic E-state index is -1.05. The lowest BCUT2D eigenvalue weighted by atomic mass is 10.5. The lowest BCUT2D eigenvalue weighted by Crippen LogP contribution is -2.46. The molecule has 0 fully saturated rings. The Hall–Kier alpha value is 0.467. The molecular formula is C8H20ClNSi. The molecule has 0 aromatic carbocycles. The predicted octanol–water partition coefficient (Wildman–Crippen LogP) is 2.77. The summed E-state index contributed by atoms with van der Waals surface area (Å²) in [6.45, 7) is 11.7. The van der Waals surface area contributed by atoms with Gasteiger partial charge in [0.1, 0.15) is 8.24 Å². The highest BCUT2D eigenvalue weighted by Gasteiger charge is 2.20. The van der Waals surface area contributed by atoms with Gasteiger partial charge in [-0.25, -0.2) is 0 Å². The standard InChI is InChI=1S/C8H20ClNSi/c1-5-10(8-6-7-9)11(2,3)4/h5-8H2,1-4H3. The molecule has 0 aromatic rings. The molecule has 68 valence electrons. The fraction of sp³-hybridized carbons (Fsp3) is 1.00. The summed E-state index contributed by atoms with van der Waals surface area (Å²) in [4.78, 5) is 0. The van der Waals surface area contributed by atoms with E-state index in [-0.39, 0.29) is 0 Å². The second-order valence-electron chi connectivity index (χ2n) is 3.79. The highest BCUT2D eigenvalue weighted by molar-refractivity contribution is 6.73. The molecule has 0 N–H and O–H groups in total. The molecule has 0 amide bonds. The maximum Gasteiger partial charge on any atom is 0.119 e. The van der Waals surface area contributed by atoms with Crippen LogP contribution >= 0.6 is 11.6 Å². The molecule has 0 atom stereocenters. The van der Waals surface area contributed by atoms with Crippen molar-refractivity contribution in [3.63, 3.8) is 0 Å². The van der Waals surface area contributed by atoms with Gasteiger partial charge in [-0.1, -0.05) is 26.6 Å². The van der Waals surface area contributed by atoms with Gasteiger partial charge in [0.05, 0.1) is 0 Å². The van der Waals surface area contributed by atoms with Gasteiger partial charge in [0.15, 0.2) is 0 Å². The van der Waals surface area contributed by atoms with Crippen LogP contribution in [0.5, 0.6) is 0 Å². The van der Waals surface area contributed by atoms with Crippen molar-refractivity contribution < 1.29 is 0 Å². The normalized spacial score (nSPS) is 12.5. The van der Waals surface area contributed by atoms with E-state index < -0.39 is 8.24 Å². The number of rotatable bonds is 5. The van der Waals surface area contributed by atoms with Gasteiger partial charge in [0, 0.05) is 5.88 Å². The molecule has 0 spiro atoms. The summed E-state index contributed by atoms with van der Waals surface area (Å²) in [6, 6.07) is 0. The molecule has 0 heterocycles. The fourth-order valence-electron chi connectivity index (χ4n) is 1.22. The molecule has 0 saturated heterocycles. The Morgan fingerprint density at radius 3 is 2.09 bits per heavy atom. The molecule has 3 heteroatoms. The van der Waals surface area contributed by atoms with E-state index in [1.807, 2.05) is 0 Å². The van der Waals surface area contributed by atoms with Crippen molar-refractivity contribution in [2.45, 2.75) is 33.0 Å². The Kier molecular flexibility index (Phi) is 5.39. The van der Waals surface area contributed by atoms with Gasteiger partial charge in [-0.05, 0) is 19.5 Å². The van der Waals surface area contributed by atoms with Crippen LogP contribution in [-0.2, 0) is 0 Å². The maximum absolute atomic E-state index is 5.64. The van der Waals surface area contributed by atoms with Gasteiger partial charge < -0.3 is 4.57 Å². The van der Waals surface area contributed by atoms with Crippen LogP contribution in [0.1, 0.15) is 13.3 Å². The van der Waals surface area contributed by atoms with Gasteiger partial charge in [-0.3, -0.25) is 0 Å². The Morgan fingerprint density at radius 1 is 1.27 bits per heavy atom. The molecule has 0 rings (SSSR count). The van der Waals surface area contributed by atoms with Gasteiger partial charge in [-0.2, -0.15) is 0 Å². The number of hydrogen-bond acceptors (Lipinski definition) is 1. The molecule has 0 aliphatic heterocycles. The van der Waals surface area contributed by atoms with Crippen LogP contribution in [0.25, 0.3) is 0 Å². The fourth-order valence-corrected chi connectivity index (χ4v) is 3.12. The van der Waals surface area contributed by atoms with E-state index in [2.05, 4.69) is 31.1 Å². The van der Waals surface area contributed by atoms with E-state index in [9.17, 15) is 0 Å². The summed E-state index contributed by atoms with van der Waals surface area (Å²) in [5.41, 5.74) is 0. The van der Waals surface area contributed by atoms with Crippen molar-refractivity contribution >= 4 is 19.8 Å². The number of alkyl halides is 1. The minimum Gasteiger partial charge on any atom is -0.324 e. The van der Waals surface area contributed by atoms with Crippen molar-refractivity contribution in [3.8, 4) is 0 Å². The monoisotopic (exact) mass is 193 g/mol. The SMILES string of the molecule is CCN(CCCCl)[Si](C)(C)C. The number of hydrogen-bond donors (Lipinski definition) is 0.